The largest absolute Gasteiger partial charge is 0.481 e. The minimum atomic E-state index is -0.886. The highest BCUT2D eigenvalue weighted by atomic mass is 16.4. The molecule has 1 fully saturated rings. The molecule has 1 rings (SSSR count). The predicted molar refractivity (Wildman–Crippen MR) is 69.9 cm³/mol. The predicted octanol–water partition coefficient (Wildman–Crippen LogP) is -0.683. The monoisotopic (exact) mass is 273 g/mol. The molecule has 5 N–H and O–H groups in total. The van der Waals surface area contributed by atoms with E-state index in [2.05, 4.69) is 5.32 Å². The van der Waals surface area contributed by atoms with E-state index in [-0.39, 0.29) is 12.5 Å². The summed E-state index contributed by atoms with van der Waals surface area (Å²) in [4.78, 5) is 23.8. The van der Waals surface area contributed by atoms with Crippen LogP contribution in [0.1, 0.15) is 25.7 Å². The minimum absolute atomic E-state index is 0.0113. The van der Waals surface area contributed by atoms with Crippen molar-refractivity contribution in [2.24, 2.45) is 5.73 Å². The fraction of sp³-hybridized carbons (Fsp3) is 0.833. The van der Waals surface area contributed by atoms with Crippen LogP contribution in [0, 0.1) is 0 Å². The molecule has 1 aliphatic heterocycles. The summed E-state index contributed by atoms with van der Waals surface area (Å²) >= 11 is 0. The first kappa shape index (κ1) is 15.9. The van der Waals surface area contributed by atoms with Gasteiger partial charge in [0.25, 0.3) is 0 Å². The first-order chi connectivity index (χ1) is 9.06. The summed E-state index contributed by atoms with van der Waals surface area (Å²) in [7, 11) is 0. The number of carboxylic acids is 2. The Morgan fingerprint density at radius 2 is 2.16 bits per heavy atom. The molecule has 0 spiro atoms. The number of aliphatic carboxylic acids is 2. The summed E-state index contributed by atoms with van der Waals surface area (Å²) in [6.07, 6.45) is 1.50. The third kappa shape index (κ3) is 5.14. The number of piperazine rings is 1. The lowest BCUT2D eigenvalue weighted by Crippen LogP contribution is -2.57. The molecule has 2 atom stereocenters. The van der Waals surface area contributed by atoms with Crippen LogP contribution in [-0.4, -0.2) is 65.3 Å². The maximum atomic E-state index is 11.4. The number of carboxylic acid groups (broad SMARTS) is 2. The van der Waals surface area contributed by atoms with Crippen LogP contribution in [0.15, 0.2) is 0 Å². The molecule has 1 saturated heterocycles. The second kappa shape index (κ2) is 8.08. The molecule has 1 heterocycles. The summed E-state index contributed by atoms with van der Waals surface area (Å²) in [6.45, 7) is 2.67. The van der Waals surface area contributed by atoms with Gasteiger partial charge in [-0.1, -0.05) is 0 Å². The van der Waals surface area contributed by atoms with Gasteiger partial charge in [-0.05, 0) is 25.8 Å². The highest BCUT2D eigenvalue weighted by Crippen LogP contribution is 2.16. The maximum Gasteiger partial charge on any atom is 0.320 e. The van der Waals surface area contributed by atoms with Gasteiger partial charge in [-0.25, -0.2) is 0 Å². The standard InChI is InChI=1S/C12H23N3O4/c13-5-4-9-8-14-6-7-15(9)10(12(18)19)2-1-3-11(16)17/h9-10,14H,1-8,13H2,(H,16,17)(H,18,19). The molecular weight excluding hydrogens is 250 g/mol. The van der Waals surface area contributed by atoms with Gasteiger partial charge in [0.15, 0.2) is 0 Å². The van der Waals surface area contributed by atoms with Crippen LogP contribution in [0.5, 0.6) is 0 Å². The van der Waals surface area contributed by atoms with E-state index in [1.54, 1.807) is 0 Å². The van der Waals surface area contributed by atoms with Crippen molar-refractivity contribution in [3.05, 3.63) is 0 Å². The molecule has 2 unspecified atom stereocenters. The molecule has 0 radical (unpaired) electrons. The Balaban J connectivity index is 2.61. The Bertz CT molecular complexity index is 309. The maximum absolute atomic E-state index is 11.4. The zero-order chi connectivity index (χ0) is 14.3. The van der Waals surface area contributed by atoms with Gasteiger partial charge in [-0.2, -0.15) is 0 Å². The number of nitrogens with two attached hydrogens (primary N) is 1. The molecule has 0 amide bonds. The molecule has 19 heavy (non-hydrogen) atoms. The van der Waals surface area contributed by atoms with Crippen LogP contribution in [0.2, 0.25) is 0 Å². The van der Waals surface area contributed by atoms with Crippen molar-refractivity contribution >= 4 is 11.9 Å². The summed E-state index contributed by atoms with van der Waals surface area (Å²) < 4.78 is 0. The molecule has 7 heteroatoms. The van der Waals surface area contributed by atoms with Gasteiger partial charge in [-0.3, -0.25) is 14.5 Å². The van der Waals surface area contributed by atoms with Gasteiger partial charge >= 0.3 is 11.9 Å². The van der Waals surface area contributed by atoms with Crippen molar-refractivity contribution in [3.8, 4) is 0 Å². The van der Waals surface area contributed by atoms with E-state index in [0.29, 0.717) is 25.9 Å². The second-order valence-electron chi connectivity index (χ2n) is 4.81. The Labute approximate surface area is 112 Å². The first-order valence-corrected chi connectivity index (χ1v) is 6.67. The molecule has 0 aromatic carbocycles. The average Bonchev–Trinajstić information content (AvgIpc) is 2.35. The number of nitrogens with one attached hydrogen (secondary N) is 1. The number of hydrogen-bond acceptors (Lipinski definition) is 5. The van der Waals surface area contributed by atoms with Crippen LogP contribution < -0.4 is 11.1 Å². The van der Waals surface area contributed by atoms with Gasteiger partial charge in [0.05, 0.1) is 0 Å². The van der Waals surface area contributed by atoms with Crippen LogP contribution in [0.4, 0.5) is 0 Å². The zero-order valence-electron chi connectivity index (χ0n) is 11.0. The van der Waals surface area contributed by atoms with Crippen LogP contribution in [0.25, 0.3) is 0 Å². The first-order valence-electron chi connectivity index (χ1n) is 6.67. The van der Waals surface area contributed by atoms with E-state index in [4.69, 9.17) is 10.8 Å². The van der Waals surface area contributed by atoms with Crippen molar-refractivity contribution in [2.45, 2.75) is 37.8 Å². The Morgan fingerprint density at radius 3 is 2.74 bits per heavy atom. The molecule has 0 aromatic rings. The van der Waals surface area contributed by atoms with Crippen molar-refractivity contribution in [1.29, 1.82) is 0 Å². The van der Waals surface area contributed by atoms with Gasteiger partial charge in [0, 0.05) is 32.1 Å². The third-order valence-corrected chi connectivity index (χ3v) is 3.45. The minimum Gasteiger partial charge on any atom is -0.481 e. The smallest absolute Gasteiger partial charge is 0.320 e. The lowest BCUT2D eigenvalue weighted by Gasteiger charge is -2.39. The fourth-order valence-electron chi connectivity index (χ4n) is 2.53. The lowest BCUT2D eigenvalue weighted by molar-refractivity contribution is -0.146. The van der Waals surface area contributed by atoms with Crippen LogP contribution >= 0.6 is 0 Å². The molecule has 0 saturated carbocycles. The topological polar surface area (TPSA) is 116 Å². The normalized spacial score (nSPS) is 22.1. The van der Waals surface area contributed by atoms with Crippen LogP contribution in [-0.2, 0) is 9.59 Å². The summed E-state index contributed by atoms with van der Waals surface area (Å²) in [5.74, 6) is -1.77. The van der Waals surface area contributed by atoms with Gasteiger partial charge < -0.3 is 21.3 Å². The van der Waals surface area contributed by atoms with Gasteiger partial charge in [0.2, 0.25) is 0 Å². The Hall–Kier alpha value is -1.18. The Morgan fingerprint density at radius 1 is 1.42 bits per heavy atom. The molecule has 0 aromatic heterocycles. The number of nitrogens with zero attached hydrogens (tertiary/aromatic N) is 1. The molecule has 7 nitrogen and oxygen atoms in total. The number of carbonyl (C=O) groups is 2. The second-order valence-corrected chi connectivity index (χ2v) is 4.81. The van der Waals surface area contributed by atoms with E-state index in [9.17, 15) is 14.7 Å². The highest BCUT2D eigenvalue weighted by molar-refractivity contribution is 5.73. The van der Waals surface area contributed by atoms with Crippen molar-refractivity contribution in [1.82, 2.24) is 10.2 Å². The highest BCUT2D eigenvalue weighted by Gasteiger charge is 2.32. The van der Waals surface area contributed by atoms with E-state index in [1.807, 2.05) is 4.90 Å². The quantitative estimate of drug-likeness (QED) is 0.463. The lowest BCUT2D eigenvalue weighted by atomic mass is 10.0. The number of hydrogen-bond donors (Lipinski definition) is 4. The molecule has 0 bridgehead atoms. The average molecular weight is 273 g/mol. The van der Waals surface area contributed by atoms with Gasteiger partial charge in [0.1, 0.15) is 6.04 Å². The SMILES string of the molecule is NCCC1CNCCN1C(CCCC(=O)O)C(=O)O. The van der Waals surface area contributed by atoms with E-state index >= 15 is 0 Å². The van der Waals surface area contributed by atoms with Gasteiger partial charge in [-0.15, -0.1) is 0 Å². The van der Waals surface area contributed by atoms with Crippen molar-refractivity contribution in [3.63, 3.8) is 0 Å². The fourth-order valence-corrected chi connectivity index (χ4v) is 2.53. The summed E-state index contributed by atoms with van der Waals surface area (Å²) in [5, 5.41) is 21.2. The van der Waals surface area contributed by atoms with E-state index < -0.39 is 18.0 Å². The van der Waals surface area contributed by atoms with Crippen molar-refractivity contribution in [2.75, 3.05) is 26.2 Å². The Kier molecular flexibility index (Phi) is 6.75. The van der Waals surface area contributed by atoms with E-state index in [0.717, 1.165) is 19.5 Å². The van der Waals surface area contributed by atoms with E-state index in [1.165, 1.54) is 0 Å². The third-order valence-electron chi connectivity index (χ3n) is 3.45. The summed E-state index contributed by atoms with van der Waals surface area (Å²) in [6, 6.07) is -0.498. The zero-order valence-corrected chi connectivity index (χ0v) is 11.0. The molecule has 0 aliphatic carbocycles. The van der Waals surface area contributed by atoms with Crippen molar-refractivity contribution < 1.29 is 19.8 Å². The molecule has 110 valence electrons. The summed E-state index contributed by atoms with van der Waals surface area (Å²) in [5.41, 5.74) is 5.56. The van der Waals surface area contributed by atoms with Crippen LogP contribution in [0.3, 0.4) is 0 Å². The molecular formula is C12H23N3O4. The number of rotatable bonds is 8. The molecule has 1 aliphatic rings.